The number of hydrogen-bond donors (Lipinski definition) is 2. The standard InChI is InChI=1S/C18H14N2O4/c1-11-5-7-13(8-6-11)20-17(23)15(16(22)19-18(20)24)10-12-3-2-4-14(21)9-12/h2-10,21H,1H3,(H,19,22,24)/b15-10-. The van der Waals surface area contributed by atoms with Crippen LogP contribution in [0.3, 0.4) is 0 Å². The van der Waals surface area contributed by atoms with Crippen LogP contribution in [-0.2, 0) is 9.59 Å². The van der Waals surface area contributed by atoms with Gasteiger partial charge in [0, 0.05) is 0 Å². The van der Waals surface area contributed by atoms with Crippen LogP contribution in [0.2, 0.25) is 0 Å². The number of urea groups is 1. The third kappa shape index (κ3) is 2.89. The molecule has 1 aliphatic heterocycles. The minimum absolute atomic E-state index is 0.0134. The van der Waals surface area contributed by atoms with E-state index in [2.05, 4.69) is 5.32 Å². The first-order valence-corrected chi connectivity index (χ1v) is 7.23. The predicted molar refractivity (Wildman–Crippen MR) is 88.3 cm³/mol. The van der Waals surface area contributed by atoms with Gasteiger partial charge in [-0.25, -0.2) is 9.69 Å². The number of carbonyl (C=O) groups is 3. The number of amides is 4. The summed E-state index contributed by atoms with van der Waals surface area (Å²) >= 11 is 0. The molecule has 6 nitrogen and oxygen atoms in total. The fourth-order valence-electron chi connectivity index (χ4n) is 2.37. The third-order valence-corrected chi connectivity index (χ3v) is 3.58. The Morgan fingerprint density at radius 1 is 1.04 bits per heavy atom. The molecule has 6 heteroatoms. The number of benzene rings is 2. The molecule has 24 heavy (non-hydrogen) atoms. The lowest BCUT2D eigenvalue weighted by atomic mass is 10.1. The molecule has 120 valence electrons. The van der Waals surface area contributed by atoms with Gasteiger partial charge in [0.25, 0.3) is 11.8 Å². The van der Waals surface area contributed by atoms with E-state index in [0.717, 1.165) is 10.5 Å². The molecule has 4 amide bonds. The van der Waals surface area contributed by atoms with Gasteiger partial charge in [-0.15, -0.1) is 0 Å². The van der Waals surface area contributed by atoms with Crippen molar-refractivity contribution < 1.29 is 19.5 Å². The predicted octanol–water partition coefficient (Wildman–Crippen LogP) is 2.37. The van der Waals surface area contributed by atoms with Crippen molar-refractivity contribution in [1.82, 2.24) is 5.32 Å². The van der Waals surface area contributed by atoms with Crippen molar-refractivity contribution in [3.63, 3.8) is 0 Å². The van der Waals surface area contributed by atoms with Crippen LogP contribution in [-0.4, -0.2) is 23.0 Å². The van der Waals surface area contributed by atoms with Crippen molar-refractivity contribution in [1.29, 1.82) is 0 Å². The summed E-state index contributed by atoms with van der Waals surface area (Å²) in [4.78, 5) is 37.6. The van der Waals surface area contributed by atoms with E-state index in [9.17, 15) is 19.5 Å². The first-order chi connectivity index (χ1) is 11.5. The molecule has 2 aromatic rings. The number of nitrogens with zero attached hydrogens (tertiary/aromatic N) is 1. The van der Waals surface area contributed by atoms with Crippen molar-refractivity contribution in [3.8, 4) is 5.75 Å². The van der Waals surface area contributed by atoms with Crippen molar-refractivity contribution in [3.05, 3.63) is 65.2 Å². The zero-order valence-electron chi connectivity index (χ0n) is 12.8. The second-order valence-corrected chi connectivity index (χ2v) is 5.39. The summed E-state index contributed by atoms with van der Waals surface area (Å²) in [7, 11) is 0. The lowest BCUT2D eigenvalue weighted by Gasteiger charge is -2.26. The third-order valence-electron chi connectivity index (χ3n) is 3.58. The van der Waals surface area contributed by atoms with Gasteiger partial charge in [0.05, 0.1) is 5.69 Å². The Morgan fingerprint density at radius 3 is 2.42 bits per heavy atom. The molecule has 0 spiro atoms. The van der Waals surface area contributed by atoms with Crippen LogP contribution in [0.4, 0.5) is 10.5 Å². The van der Waals surface area contributed by atoms with Gasteiger partial charge in [0.1, 0.15) is 11.3 Å². The van der Waals surface area contributed by atoms with Crippen molar-refractivity contribution in [2.24, 2.45) is 0 Å². The van der Waals surface area contributed by atoms with Crippen LogP contribution in [0.15, 0.2) is 54.1 Å². The molecule has 1 heterocycles. The number of phenolic OH excluding ortho intramolecular Hbond substituents is 1. The SMILES string of the molecule is Cc1ccc(N2C(=O)NC(=O)/C(=C/c3cccc(O)c3)C2=O)cc1. The van der Waals surface area contributed by atoms with E-state index in [1.807, 2.05) is 6.92 Å². The number of carbonyl (C=O) groups excluding carboxylic acids is 3. The van der Waals surface area contributed by atoms with E-state index >= 15 is 0 Å². The zero-order valence-corrected chi connectivity index (χ0v) is 12.8. The average molecular weight is 322 g/mol. The Hall–Kier alpha value is -3.41. The summed E-state index contributed by atoms with van der Waals surface area (Å²) in [5, 5.41) is 11.6. The highest BCUT2D eigenvalue weighted by molar-refractivity contribution is 6.39. The maximum Gasteiger partial charge on any atom is 0.335 e. The van der Waals surface area contributed by atoms with Crippen molar-refractivity contribution >= 4 is 29.6 Å². The van der Waals surface area contributed by atoms with E-state index in [1.54, 1.807) is 36.4 Å². The molecule has 0 atom stereocenters. The van der Waals surface area contributed by atoms with Gasteiger partial charge in [-0.05, 0) is 42.8 Å². The smallest absolute Gasteiger partial charge is 0.335 e. The average Bonchev–Trinajstić information content (AvgIpc) is 2.53. The van der Waals surface area contributed by atoms with E-state index in [-0.39, 0.29) is 11.3 Å². The van der Waals surface area contributed by atoms with Crippen LogP contribution in [0.1, 0.15) is 11.1 Å². The number of barbiturate groups is 1. The molecular weight excluding hydrogens is 308 g/mol. The molecule has 1 saturated heterocycles. The highest BCUT2D eigenvalue weighted by Crippen LogP contribution is 2.23. The number of phenols is 1. The largest absolute Gasteiger partial charge is 0.508 e. The fourth-order valence-corrected chi connectivity index (χ4v) is 2.37. The van der Waals surface area contributed by atoms with Gasteiger partial charge >= 0.3 is 6.03 Å². The molecule has 2 aromatic carbocycles. The van der Waals surface area contributed by atoms with Crippen LogP contribution in [0, 0.1) is 6.92 Å². The summed E-state index contributed by atoms with van der Waals surface area (Å²) in [6, 6.07) is 12.1. The zero-order chi connectivity index (χ0) is 17.3. The Kier molecular flexibility index (Phi) is 3.87. The minimum Gasteiger partial charge on any atom is -0.508 e. The lowest BCUT2D eigenvalue weighted by Crippen LogP contribution is -2.54. The molecule has 3 rings (SSSR count). The van der Waals surface area contributed by atoms with Gasteiger partial charge in [0.2, 0.25) is 0 Å². The van der Waals surface area contributed by atoms with Gasteiger partial charge in [-0.2, -0.15) is 0 Å². The summed E-state index contributed by atoms with van der Waals surface area (Å²) < 4.78 is 0. The van der Waals surface area contributed by atoms with Crippen LogP contribution in [0.25, 0.3) is 6.08 Å². The maximum absolute atomic E-state index is 12.6. The highest BCUT2D eigenvalue weighted by Gasteiger charge is 2.36. The fraction of sp³-hybridized carbons (Fsp3) is 0.0556. The molecule has 1 aliphatic rings. The summed E-state index contributed by atoms with van der Waals surface area (Å²) in [5.41, 5.74) is 1.65. The van der Waals surface area contributed by atoms with E-state index in [1.165, 1.54) is 18.2 Å². The highest BCUT2D eigenvalue weighted by atomic mass is 16.3. The topological polar surface area (TPSA) is 86.7 Å². The first kappa shape index (κ1) is 15.5. The number of hydrogen-bond acceptors (Lipinski definition) is 4. The number of aryl methyl sites for hydroxylation is 1. The Bertz CT molecular complexity index is 869. The minimum atomic E-state index is -0.790. The number of imide groups is 2. The molecular formula is C18H14N2O4. The summed E-state index contributed by atoms with van der Waals surface area (Å²) in [6.45, 7) is 1.89. The second kappa shape index (κ2) is 6.00. The van der Waals surface area contributed by atoms with Gasteiger partial charge in [-0.3, -0.25) is 14.9 Å². The second-order valence-electron chi connectivity index (χ2n) is 5.39. The maximum atomic E-state index is 12.6. The van der Waals surface area contributed by atoms with E-state index in [4.69, 9.17) is 0 Å². The molecule has 0 unspecified atom stereocenters. The van der Waals surface area contributed by atoms with Crippen LogP contribution >= 0.6 is 0 Å². The normalized spacial score (nSPS) is 16.5. The molecule has 1 fully saturated rings. The van der Waals surface area contributed by atoms with E-state index < -0.39 is 17.8 Å². The molecule has 2 N–H and O–H groups in total. The molecule has 0 aromatic heterocycles. The quantitative estimate of drug-likeness (QED) is 0.656. The number of rotatable bonds is 2. The van der Waals surface area contributed by atoms with E-state index in [0.29, 0.717) is 11.3 Å². The van der Waals surface area contributed by atoms with Gasteiger partial charge in [-0.1, -0.05) is 29.8 Å². The number of aromatic hydroxyl groups is 1. The van der Waals surface area contributed by atoms with Crippen molar-refractivity contribution in [2.75, 3.05) is 4.90 Å². The van der Waals surface area contributed by atoms with Crippen LogP contribution < -0.4 is 10.2 Å². The van der Waals surface area contributed by atoms with Gasteiger partial charge in [0.15, 0.2) is 0 Å². The molecule has 0 aliphatic carbocycles. The molecule has 0 saturated carbocycles. The Labute approximate surface area is 138 Å². The summed E-state index contributed by atoms with van der Waals surface area (Å²) in [5.74, 6) is -1.47. The summed E-state index contributed by atoms with van der Waals surface area (Å²) in [6.07, 6.45) is 1.34. The van der Waals surface area contributed by atoms with Gasteiger partial charge < -0.3 is 5.11 Å². The molecule has 0 radical (unpaired) electrons. The van der Waals surface area contributed by atoms with Crippen LogP contribution in [0.5, 0.6) is 5.75 Å². The Balaban J connectivity index is 2.01. The monoisotopic (exact) mass is 322 g/mol. The number of nitrogens with one attached hydrogen (secondary N) is 1. The Morgan fingerprint density at radius 2 is 1.75 bits per heavy atom. The first-order valence-electron chi connectivity index (χ1n) is 7.23. The molecule has 0 bridgehead atoms. The number of anilines is 1. The lowest BCUT2D eigenvalue weighted by molar-refractivity contribution is -0.122. The van der Waals surface area contributed by atoms with Crippen molar-refractivity contribution in [2.45, 2.75) is 6.92 Å².